The van der Waals surface area contributed by atoms with E-state index in [9.17, 15) is 0 Å². The minimum Gasteiger partial charge on any atom is -0.345 e. The molecule has 1 heterocycles. The van der Waals surface area contributed by atoms with Gasteiger partial charge < -0.3 is 4.98 Å². The van der Waals surface area contributed by atoms with Crippen molar-refractivity contribution in [1.82, 2.24) is 9.97 Å². The fourth-order valence-corrected chi connectivity index (χ4v) is 0.590. The molecule has 1 N–H and O–H groups in total. The third-order valence-electron chi connectivity index (χ3n) is 1.05. The molecule has 2 nitrogen and oxygen atoms in total. The molecule has 0 atom stereocenters. The monoisotopic (exact) mass is 134 g/mol. The number of hydrogen-bond acceptors (Lipinski definition) is 1. The molecule has 0 spiro atoms. The van der Waals surface area contributed by atoms with Crippen LogP contribution in [0.5, 0.6) is 0 Å². The highest BCUT2D eigenvalue weighted by atomic mass is 14.9. The van der Waals surface area contributed by atoms with Gasteiger partial charge in [0.2, 0.25) is 0 Å². The molecule has 0 saturated heterocycles. The highest BCUT2D eigenvalue weighted by molar-refractivity contribution is 5.44. The van der Waals surface area contributed by atoms with Crippen LogP contribution in [0.3, 0.4) is 0 Å². The number of imidazole rings is 1. The Morgan fingerprint density at radius 2 is 2.60 bits per heavy atom. The molecule has 1 aromatic heterocycles. The number of H-pyrrole nitrogens is 1. The second-order valence-electron chi connectivity index (χ2n) is 2.15. The minimum absolute atomic E-state index is 0.864. The smallest absolute Gasteiger partial charge is 0.129 e. The van der Waals surface area contributed by atoms with Crippen LogP contribution < -0.4 is 0 Å². The summed E-state index contributed by atoms with van der Waals surface area (Å²) in [6, 6.07) is 0. The third-order valence-corrected chi connectivity index (χ3v) is 1.05. The first-order chi connectivity index (χ1) is 4.79. The van der Waals surface area contributed by atoms with Gasteiger partial charge in [-0.3, -0.25) is 0 Å². The fourth-order valence-electron chi connectivity index (χ4n) is 0.590. The maximum absolute atomic E-state index is 4.00. The number of allylic oxidation sites excluding steroid dienone is 2. The van der Waals surface area contributed by atoms with E-state index in [4.69, 9.17) is 0 Å². The molecular formula is C8H10N2. The van der Waals surface area contributed by atoms with Crippen molar-refractivity contribution in [2.75, 3.05) is 0 Å². The Labute approximate surface area is 60.3 Å². The van der Waals surface area contributed by atoms with E-state index in [1.54, 1.807) is 12.4 Å². The van der Waals surface area contributed by atoms with E-state index in [-0.39, 0.29) is 0 Å². The van der Waals surface area contributed by atoms with Crippen LogP contribution in [0.2, 0.25) is 0 Å². The molecule has 0 fully saturated rings. The van der Waals surface area contributed by atoms with Gasteiger partial charge in [0, 0.05) is 12.4 Å². The van der Waals surface area contributed by atoms with Crippen molar-refractivity contribution in [2.24, 2.45) is 0 Å². The molecule has 1 rings (SSSR count). The van der Waals surface area contributed by atoms with Crippen molar-refractivity contribution in [3.8, 4) is 0 Å². The summed E-state index contributed by atoms with van der Waals surface area (Å²) in [7, 11) is 0. The molecule has 0 aliphatic heterocycles. The lowest BCUT2D eigenvalue weighted by Crippen LogP contribution is -1.72. The van der Waals surface area contributed by atoms with Gasteiger partial charge in [-0.1, -0.05) is 18.2 Å². The maximum Gasteiger partial charge on any atom is 0.129 e. The zero-order valence-electron chi connectivity index (χ0n) is 5.96. The van der Waals surface area contributed by atoms with Crippen molar-refractivity contribution in [3.63, 3.8) is 0 Å². The normalized spacial score (nSPS) is 10.5. The first kappa shape index (κ1) is 6.81. The van der Waals surface area contributed by atoms with Gasteiger partial charge in [-0.2, -0.15) is 0 Å². The molecule has 0 unspecified atom stereocenters. The largest absolute Gasteiger partial charge is 0.345 e. The van der Waals surface area contributed by atoms with E-state index in [1.165, 1.54) is 0 Å². The molecule has 1 aromatic rings. The second-order valence-corrected chi connectivity index (χ2v) is 2.15. The van der Waals surface area contributed by atoms with E-state index >= 15 is 0 Å². The zero-order chi connectivity index (χ0) is 7.40. The topological polar surface area (TPSA) is 28.7 Å². The van der Waals surface area contributed by atoms with Gasteiger partial charge in [-0.15, -0.1) is 0 Å². The Kier molecular flexibility index (Phi) is 2.05. The molecule has 2 heteroatoms. The summed E-state index contributed by atoms with van der Waals surface area (Å²) in [6.45, 7) is 5.67. The predicted molar refractivity (Wildman–Crippen MR) is 42.4 cm³/mol. The van der Waals surface area contributed by atoms with Gasteiger partial charge >= 0.3 is 0 Å². The number of hydrogen-bond donors (Lipinski definition) is 1. The van der Waals surface area contributed by atoms with Gasteiger partial charge in [0.25, 0.3) is 0 Å². The Bertz CT molecular complexity index is 232. The summed E-state index contributed by atoms with van der Waals surface area (Å²) in [5, 5.41) is 0. The van der Waals surface area contributed by atoms with Gasteiger partial charge in [-0.25, -0.2) is 4.98 Å². The summed E-state index contributed by atoms with van der Waals surface area (Å²) in [5.74, 6) is 0.864. The number of aromatic nitrogens is 2. The van der Waals surface area contributed by atoms with E-state index in [1.807, 2.05) is 19.1 Å². The molecular weight excluding hydrogens is 124 g/mol. The number of rotatable bonds is 2. The quantitative estimate of drug-likeness (QED) is 0.616. The Balaban J connectivity index is 2.64. The molecule has 52 valence electrons. The second kappa shape index (κ2) is 3.01. The van der Waals surface area contributed by atoms with Crippen LogP contribution in [0.25, 0.3) is 6.08 Å². The fraction of sp³-hybridized carbons (Fsp3) is 0.125. The van der Waals surface area contributed by atoms with Gasteiger partial charge in [0.05, 0.1) is 0 Å². The summed E-state index contributed by atoms with van der Waals surface area (Å²) < 4.78 is 0. The average Bonchev–Trinajstić information content (AvgIpc) is 2.34. The van der Waals surface area contributed by atoms with Crippen LogP contribution in [0.1, 0.15) is 12.7 Å². The van der Waals surface area contributed by atoms with Crippen LogP contribution in [0, 0.1) is 0 Å². The van der Waals surface area contributed by atoms with Gasteiger partial charge in [0.15, 0.2) is 0 Å². The molecule has 0 amide bonds. The Morgan fingerprint density at radius 3 is 3.10 bits per heavy atom. The lowest BCUT2D eigenvalue weighted by Gasteiger charge is -1.83. The van der Waals surface area contributed by atoms with Crippen molar-refractivity contribution < 1.29 is 0 Å². The van der Waals surface area contributed by atoms with E-state index in [0.29, 0.717) is 0 Å². The number of nitrogens with one attached hydrogen (secondary N) is 1. The molecule has 10 heavy (non-hydrogen) atoms. The Morgan fingerprint density at radius 1 is 1.80 bits per heavy atom. The highest BCUT2D eigenvalue weighted by Crippen LogP contribution is 1.96. The first-order valence-corrected chi connectivity index (χ1v) is 3.12. The van der Waals surface area contributed by atoms with E-state index in [0.717, 1.165) is 11.4 Å². The summed E-state index contributed by atoms with van der Waals surface area (Å²) >= 11 is 0. The third kappa shape index (κ3) is 1.90. The van der Waals surface area contributed by atoms with Crippen molar-refractivity contribution >= 4 is 6.08 Å². The summed E-state index contributed by atoms with van der Waals surface area (Å²) in [6.07, 6.45) is 7.32. The minimum atomic E-state index is 0.864. The van der Waals surface area contributed by atoms with Crippen molar-refractivity contribution in [3.05, 3.63) is 36.4 Å². The van der Waals surface area contributed by atoms with Crippen molar-refractivity contribution in [2.45, 2.75) is 6.92 Å². The van der Waals surface area contributed by atoms with Crippen LogP contribution in [-0.4, -0.2) is 9.97 Å². The maximum atomic E-state index is 4.00. The lowest BCUT2D eigenvalue weighted by molar-refractivity contribution is 1.26. The summed E-state index contributed by atoms with van der Waals surface area (Å²) in [5.41, 5.74) is 1.02. The Hall–Kier alpha value is -1.31. The highest BCUT2D eigenvalue weighted by Gasteiger charge is 1.83. The summed E-state index contributed by atoms with van der Waals surface area (Å²) in [4.78, 5) is 6.96. The molecule has 0 aliphatic rings. The van der Waals surface area contributed by atoms with Crippen molar-refractivity contribution in [1.29, 1.82) is 0 Å². The molecule has 0 saturated carbocycles. The SMILES string of the molecule is C=C(C)/C=C\c1ncc[nH]1. The van der Waals surface area contributed by atoms with Gasteiger partial charge in [-0.05, 0) is 13.0 Å². The van der Waals surface area contributed by atoms with Crippen LogP contribution in [0.15, 0.2) is 30.6 Å². The van der Waals surface area contributed by atoms with E-state index < -0.39 is 0 Å². The zero-order valence-corrected chi connectivity index (χ0v) is 5.96. The van der Waals surface area contributed by atoms with E-state index in [2.05, 4.69) is 16.5 Å². The standard InChI is InChI=1S/C8H10N2/c1-7(2)3-4-8-9-5-6-10-8/h3-6H,1H2,2H3,(H,9,10)/b4-3-. The molecule has 0 radical (unpaired) electrons. The van der Waals surface area contributed by atoms with Gasteiger partial charge in [0.1, 0.15) is 5.82 Å². The lowest BCUT2D eigenvalue weighted by atomic mass is 10.3. The molecule has 0 bridgehead atoms. The van der Waals surface area contributed by atoms with Crippen LogP contribution in [-0.2, 0) is 0 Å². The predicted octanol–water partition coefficient (Wildman–Crippen LogP) is 2.00. The first-order valence-electron chi connectivity index (χ1n) is 3.12. The molecule has 0 aliphatic carbocycles. The molecule has 0 aromatic carbocycles. The average molecular weight is 134 g/mol. The van der Waals surface area contributed by atoms with Crippen LogP contribution >= 0.6 is 0 Å². The number of nitrogens with zero attached hydrogens (tertiary/aromatic N) is 1. The van der Waals surface area contributed by atoms with Crippen LogP contribution in [0.4, 0.5) is 0 Å². The number of aromatic amines is 1.